The Kier molecular flexibility index (Phi) is 3.66. The Hall–Kier alpha value is -2.66. The quantitative estimate of drug-likeness (QED) is 0.452. The van der Waals surface area contributed by atoms with Gasteiger partial charge in [0, 0.05) is 0 Å². The van der Waals surface area contributed by atoms with Gasteiger partial charge in [-0.3, -0.25) is 0 Å². The number of nitrogens with one attached hydrogen (secondary N) is 1. The predicted octanol–water partition coefficient (Wildman–Crippen LogP) is 5.42. The Bertz CT molecular complexity index is 1130. The van der Waals surface area contributed by atoms with Gasteiger partial charge in [0.2, 0.25) is 0 Å². The van der Waals surface area contributed by atoms with Crippen molar-refractivity contribution in [1.82, 2.24) is 5.32 Å². The smallest absolute Gasteiger partial charge is 0.408 e. The van der Waals surface area contributed by atoms with Crippen LogP contribution in [0.4, 0.5) is 13.6 Å². The molecule has 4 aromatic rings. The maximum absolute atomic E-state index is 14.4. The van der Waals surface area contributed by atoms with E-state index in [9.17, 15) is 13.6 Å². The van der Waals surface area contributed by atoms with Gasteiger partial charge in [-0.05, 0) is 37.9 Å². The van der Waals surface area contributed by atoms with E-state index in [0.29, 0.717) is 5.56 Å². The number of cyclic esters (lactones) is 1. The summed E-state index contributed by atoms with van der Waals surface area (Å²) in [7, 11) is 0. The third-order valence-electron chi connectivity index (χ3n) is 4.95. The third kappa shape index (κ3) is 2.27. The maximum Gasteiger partial charge on any atom is 0.408 e. The first-order valence-electron chi connectivity index (χ1n) is 8.02. The first-order chi connectivity index (χ1) is 12.0. The number of hydrogen-bond donors (Lipinski definition) is 1. The molecule has 26 heavy (non-hydrogen) atoms. The highest BCUT2D eigenvalue weighted by atomic mass is 35.5. The number of alkyl halides is 2. The van der Waals surface area contributed by atoms with Crippen LogP contribution in [-0.4, -0.2) is 18.6 Å². The summed E-state index contributed by atoms with van der Waals surface area (Å²) < 4.78 is 33.3. The lowest BCUT2D eigenvalue weighted by atomic mass is 9.88. The van der Waals surface area contributed by atoms with E-state index in [2.05, 4.69) is 10.1 Å². The highest BCUT2D eigenvalue weighted by molar-refractivity contribution is 6.23. The topological polar surface area (TPSA) is 38.3 Å². The van der Waals surface area contributed by atoms with E-state index in [0.717, 1.165) is 32.3 Å². The molecule has 0 aliphatic carbocycles. The minimum atomic E-state index is -3.17. The van der Waals surface area contributed by atoms with Gasteiger partial charge < -0.3 is 10.1 Å². The first-order valence-corrected chi connectivity index (χ1v) is 8.02. The Morgan fingerprint density at radius 2 is 1.54 bits per heavy atom. The zero-order chi connectivity index (χ0) is 17.2. The average Bonchev–Trinajstić information content (AvgIpc) is 2.62. The number of hydrogen-bond acceptors (Lipinski definition) is 2. The van der Waals surface area contributed by atoms with Crippen LogP contribution in [0, 0.1) is 0 Å². The molecule has 0 radical (unpaired) electrons. The number of alkyl carbamates (subject to hydrolysis) is 1. The van der Waals surface area contributed by atoms with Gasteiger partial charge in [0.25, 0.3) is 0 Å². The van der Waals surface area contributed by atoms with Crippen molar-refractivity contribution in [3.8, 4) is 0 Å². The van der Waals surface area contributed by atoms with Crippen molar-refractivity contribution in [1.29, 1.82) is 0 Å². The highest BCUT2D eigenvalue weighted by Crippen LogP contribution is 2.42. The van der Waals surface area contributed by atoms with Crippen LogP contribution in [-0.2, 0) is 4.74 Å². The molecule has 0 spiro atoms. The molecule has 0 bridgehead atoms. The summed E-state index contributed by atoms with van der Waals surface area (Å²) in [5.74, 6) is -3.17. The number of amides is 1. The maximum atomic E-state index is 14.4. The summed E-state index contributed by atoms with van der Waals surface area (Å²) in [6.45, 7) is -0.911. The molecule has 1 aliphatic heterocycles. The fourth-order valence-corrected chi connectivity index (χ4v) is 3.83. The van der Waals surface area contributed by atoms with Gasteiger partial charge in [-0.2, -0.15) is 0 Å². The molecular weight excluding hydrogens is 360 g/mol. The van der Waals surface area contributed by atoms with E-state index in [-0.39, 0.29) is 12.4 Å². The molecule has 3 nitrogen and oxygen atoms in total. The van der Waals surface area contributed by atoms with Gasteiger partial charge in [0.15, 0.2) is 6.61 Å². The lowest BCUT2D eigenvalue weighted by Gasteiger charge is -2.32. The second-order valence-electron chi connectivity index (χ2n) is 6.43. The van der Waals surface area contributed by atoms with Crippen LogP contribution in [0.3, 0.4) is 0 Å². The highest BCUT2D eigenvalue weighted by Gasteiger charge is 2.47. The van der Waals surface area contributed by atoms with Crippen LogP contribution in [0.1, 0.15) is 11.6 Å². The van der Waals surface area contributed by atoms with Crippen molar-refractivity contribution in [2.24, 2.45) is 0 Å². The zero-order valence-corrected chi connectivity index (χ0v) is 14.3. The van der Waals surface area contributed by atoms with Gasteiger partial charge in [-0.25, -0.2) is 13.6 Å². The van der Waals surface area contributed by atoms with E-state index in [4.69, 9.17) is 0 Å². The minimum Gasteiger partial charge on any atom is -0.443 e. The standard InChI is InChI=1S/C20H13F2NO2.ClH/c21-20(22)10-25-19(24)23-18(20)15-9-7-13-5-4-11-2-1-3-12-6-8-14(15)17(13)16(11)12;/h1-9,18H,10H2,(H,23,24);1H/t18-;/m1./s1. The molecule has 1 fully saturated rings. The number of rotatable bonds is 1. The summed E-state index contributed by atoms with van der Waals surface area (Å²) >= 11 is 0. The molecule has 1 atom stereocenters. The van der Waals surface area contributed by atoms with Crippen molar-refractivity contribution in [2.45, 2.75) is 12.0 Å². The second kappa shape index (κ2) is 5.68. The fraction of sp³-hybridized carbons (Fsp3) is 0.150. The van der Waals surface area contributed by atoms with Crippen molar-refractivity contribution in [3.63, 3.8) is 0 Å². The van der Waals surface area contributed by atoms with Gasteiger partial charge in [-0.1, -0.05) is 54.6 Å². The van der Waals surface area contributed by atoms with E-state index >= 15 is 0 Å². The van der Waals surface area contributed by atoms with Crippen LogP contribution < -0.4 is 5.32 Å². The first kappa shape index (κ1) is 16.8. The Morgan fingerprint density at radius 3 is 2.27 bits per heavy atom. The normalized spacial score (nSPS) is 19.3. The number of halogens is 3. The van der Waals surface area contributed by atoms with Crippen molar-refractivity contribution in [3.05, 3.63) is 60.2 Å². The molecule has 1 heterocycles. The molecule has 6 heteroatoms. The monoisotopic (exact) mass is 373 g/mol. The lowest BCUT2D eigenvalue weighted by Crippen LogP contribution is -2.49. The van der Waals surface area contributed by atoms with E-state index in [1.165, 1.54) is 0 Å². The Balaban J connectivity index is 0.00000168. The fourth-order valence-electron chi connectivity index (χ4n) is 3.83. The average molecular weight is 374 g/mol. The number of carbonyl (C=O) groups is 1. The second-order valence-corrected chi connectivity index (χ2v) is 6.43. The van der Waals surface area contributed by atoms with Crippen LogP contribution in [0.5, 0.6) is 0 Å². The van der Waals surface area contributed by atoms with Crippen molar-refractivity contribution >= 4 is 50.8 Å². The molecule has 1 saturated heterocycles. The summed E-state index contributed by atoms with van der Waals surface area (Å²) in [5.41, 5.74) is 0.410. The molecule has 4 aromatic carbocycles. The predicted molar refractivity (Wildman–Crippen MR) is 99.6 cm³/mol. The molecular formula is C20H14ClF2NO2. The van der Waals surface area contributed by atoms with E-state index in [1.807, 2.05) is 48.5 Å². The zero-order valence-electron chi connectivity index (χ0n) is 13.5. The molecule has 5 rings (SSSR count). The summed E-state index contributed by atoms with van der Waals surface area (Å²) in [6, 6.07) is 15.9. The van der Waals surface area contributed by atoms with Gasteiger partial charge in [0.05, 0.1) is 0 Å². The molecule has 132 valence electrons. The molecule has 1 N–H and O–H groups in total. The molecule has 0 saturated carbocycles. The Morgan fingerprint density at radius 1 is 0.923 bits per heavy atom. The molecule has 0 unspecified atom stereocenters. The summed E-state index contributed by atoms with van der Waals surface area (Å²) in [6.07, 6.45) is -0.818. The molecule has 0 aromatic heterocycles. The SMILES string of the molecule is Cl.O=C1N[C@H](c2ccc3ccc4cccc5ccc2c3c45)C(F)(F)CO1. The van der Waals surface area contributed by atoms with Gasteiger partial charge in [0.1, 0.15) is 6.04 Å². The van der Waals surface area contributed by atoms with Crippen molar-refractivity contribution < 1.29 is 18.3 Å². The summed E-state index contributed by atoms with van der Waals surface area (Å²) in [4.78, 5) is 11.5. The Labute approximate surface area is 153 Å². The summed E-state index contributed by atoms with van der Waals surface area (Å²) in [5, 5.41) is 8.14. The van der Waals surface area contributed by atoms with E-state index in [1.54, 1.807) is 6.07 Å². The number of ether oxygens (including phenoxy) is 1. The largest absolute Gasteiger partial charge is 0.443 e. The van der Waals surface area contributed by atoms with Crippen LogP contribution in [0.25, 0.3) is 32.3 Å². The van der Waals surface area contributed by atoms with E-state index < -0.39 is 24.7 Å². The van der Waals surface area contributed by atoms with Crippen LogP contribution in [0.2, 0.25) is 0 Å². The third-order valence-corrected chi connectivity index (χ3v) is 4.95. The molecule has 1 amide bonds. The number of carbonyl (C=O) groups excluding carboxylic acids is 1. The van der Waals surface area contributed by atoms with Crippen LogP contribution in [0.15, 0.2) is 54.6 Å². The number of benzene rings is 4. The van der Waals surface area contributed by atoms with Crippen LogP contribution >= 0.6 is 12.4 Å². The minimum absolute atomic E-state index is 0. The van der Waals surface area contributed by atoms with Gasteiger partial charge >= 0.3 is 12.0 Å². The lowest BCUT2D eigenvalue weighted by molar-refractivity contribution is -0.103. The molecule has 1 aliphatic rings. The van der Waals surface area contributed by atoms with Gasteiger partial charge in [-0.15, -0.1) is 12.4 Å². The van der Waals surface area contributed by atoms with Crippen molar-refractivity contribution in [2.75, 3.05) is 6.61 Å².